The smallest absolute Gasteiger partial charge is 0.340 e. The molecule has 6 nitrogen and oxygen atoms in total. The van der Waals surface area contributed by atoms with Crippen molar-refractivity contribution in [2.45, 2.75) is 6.61 Å². The topological polar surface area (TPSA) is 82.3 Å². The molecule has 0 radical (unpaired) electrons. The fraction of sp³-hybridized carbons (Fsp3) is 0.0769. The first-order chi connectivity index (χ1) is 9.99. The molecule has 0 aliphatic heterocycles. The van der Waals surface area contributed by atoms with Crippen molar-refractivity contribution in [3.8, 4) is 0 Å². The van der Waals surface area contributed by atoms with Gasteiger partial charge in [-0.05, 0) is 12.1 Å². The number of pyridine rings is 1. The SMILES string of the molecule is O=C(OCc1ccccc1[N+](=O)[O-])c1cnc(Cl)c(Cl)c1. The summed E-state index contributed by atoms with van der Waals surface area (Å²) in [5.41, 5.74) is 0.296. The summed E-state index contributed by atoms with van der Waals surface area (Å²) in [4.78, 5) is 25.9. The maximum Gasteiger partial charge on any atom is 0.340 e. The number of aromatic nitrogens is 1. The number of para-hydroxylation sites is 1. The molecule has 2 rings (SSSR count). The number of hydrogen-bond acceptors (Lipinski definition) is 5. The van der Waals surface area contributed by atoms with Crippen molar-refractivity contribution in [1.29, 1.82) is 0 Å². The predicted octanol–water partition coefficient (Wildman–Crippen LogP) is 3.65. The maximum absolute atomic E-state index is 11.8. The molecule has 0 aliphatic carbocycles. The van der Waals surface area contributed by atoms with Crippen LogP contribution in [0.15, 0.2) is 36.5 Å². The van der Waals surface area contributed by atoms with Gasteiger partial charge >= 0.3 is 5.97 Å². The van der Waals surface area contributed by atoms with Crippen molar-refractivity contribution in [3.05, 3.63) is 67.9 Å². The fourth-order valence-electron chi connectivity index (χ4n) is 1.57. The van der Waals surface area contributed by atoms with Gasteiger partial charge in [0, 0.05) is 12.3 Å². The highest BCUT2D eigenvalue weighted by Gasteiger charge is 2.15. The van der Waals surface area contributed by atoms with Gasteiger partial charge in [-0.25, -0.2) is 9.78 Å². The van der Waals surface area contributed by atoms with Crippen LogP contribution in [0.5, 0.6) is 0 Å². The van der Waals surface area contributed by atoms with Gasteiger partial charge in [0.2, 0.25) is 0 Å². The first-order valence-corrected chi connectivity index (χ1v) is 6.45. The van der Waals surface area contributed by atoms with E-state index in [4.69, 9.17) is 27.9 Å². The van der Waals surface area contributed by atoms with Crippen LogP contribution >= 0.6 is 23.2 Å². The summed E-state index contributed by atoms with van der Waals surface area (Å²) >= 11 is 11.4. The highest BCUT2D eigenvalue weighted by atomic mass is 35.5. The number of esters is 1. The number of nitro groups is 1. The number of benzene rings is 1. The lowest BCUT2D eigenvalue weighted by Crippen LogP contribution is -2.07. The third-order valence-corrected chi connectivity index (χ3v) is 3.27. The zero-order valence-electron chi connectivity index (χ0n) is 10.5. The van der Waals surface area contributed by atoms with Crippen molar-refractivity contribution in [3.63, 3.8) is 0 Å². The van der Waals surface area contributed by atoms with Gasteiger partial charge in [0.25, 0.3) is 5.69 Å². The average molecular weight is 327 g/mol. The molecule has 21 heavy (non-hydrogen) atoms. The number of rotatable bonds is 4. The molecule has 0 saturated carbocycles. The van der Waals surface area contributed by atoms with E-state index in [1.165, 1.54) is 30.5 Å². The van der Waals surface area contributed by atoms with Crippen LogP contribution in [0.3, 0.4) is 0 Å². The molecule has 0 bridgehead atoms. The first-order valence-electron chi connectivity index (χ1n) is 5.69. The predicted molar refractivity (Wildman–Crippen MR) is 76.5 cm³/mol. The molecule has 0 spiro atoms. The minimum Gasteiger partial charge on any atom is -0.457 e. The zero-order chi connectivity index (χ0) is 15.4. The Hall–Kier alpha value is -2.18. The van der Waals surface area contributed by atoms with E-state index >= 15 is 0 Å². The highest BCUT2D eigenvalue weighted by Crippen LogP contribution is 2.21. The Morgan fingerprint density at radius 1 is 1.33 bits per heavy atom. The van der Waals surface area contributed by atoms with Crippen LogP contribution in [0.1, 0.15) is 15.9 Å². The Balaban J connectivity index is 2.11. The standard InChI is InChI=1S/C13H8Cl2N2O4/c14-10-5-9(6-16-12(10)15)13(18)21-7-8-3-1-2-4-11(8)17(19)20/h1-6H,7H2. The number of ether oxygens (including phenoxy) is 1. The monoisotopic (exact) mass is 326 g/mol. The number of hydrogen-bond donors (Lipinski definition) is 0. The molecule has 0 unspecified atom stereocenters. The molecule has 1 heterocycles. The number of nitrogens with zero attached hydrogens (tertiary/aromatic N) is 2. The van der Waals surface area contributed by atoms with Gasteiger partial charge in [-0.1, -0.05) is 35.3 Å². The average Bonchev–Trinajstić information content (AvgIpc) is 2.47. The van der Waals surface area contributed by atoms with E-state index in [2.05, 4.69) is 4.98 Å². The first kappa shape index (κ1) is 15.2. The number of nitro benzene ring substituents is 1. The van der Waals surface area contributed by atoms with Crippen LogP contribution in [0.2, 0.25) is 10.2 Å². The number of carbonyl (C=O) groups excluding carboxylic acids is 1. The molecule has 2 aromatic rings. The fourth-order valence-corrected chi connectivity index (χ4v) is 1.84. The quantitative estimate of drug-likeness (QED) is 0.370. The number of halogens is 2. The van der Waals surface area contributed by atoms with Crippen LogP contribution in [0.4, 0.5) is 5.69 Å². The number of carbonyl (C=O) groups is 1. The van der Waals surface area contributed by atoms with Crippen molar-refractivity contribution in [2.24, 2.45) is 0 Å². The summed E-state index contributed by atoms with van der Waals surface area (Å²) in [5, 5.41) is 11.0. The molecule has 0 saturated heterocycles. The molecular formula is C13H8Cl2N2O4. The van der Waals surface area contributed by atoms with E-state index in [-0.39, 0.29) is 28.0 Å². The van der Waals surface area contributed by atoms with Crippen molar-refractivity contribution in [2.75, 3.05) is 0 Å². The van der Waals surface area contributed by atoms with E-state index in [1.54, 1.807) is 6.07 Å². The molecule has 108 valence electrons. The molecule has 1 aromatic carbocycles. The molecule has 0 fully saturated rings. The molecule has 1 aromatic heterocycles. The van der Waals surface area contributed by atoms with Gasteiger partial charge in [0.15, 0.2) is 0 Å². The van der Waals surface area contributed by atoms with Crippen LogP contribution < -0.4 is 0 Å². The van der Waals surface area contributed by atoms with E-state index in [1.807, 2.05) is 0 Å². The summed E-state index contributed by atoms with van der Waals surface area (Å²) in [6, 6.07) is 7.32. The van der Waals surface area contributed by atoms with E-state index in [0.29, 0.717) is 5.56 Å². The van der Waals surface area contributed by atoms with E-state index in [0.717, 1.165) is 0 Å². The van der Waals surface area contributed by atoms with Crippen LogP contribution in [0, 0.1) is 10.1 Å². The van der Waals surface area contributed by atoms with E-state index in [9.17, 15) is 14.9 Å². The highest BCUT2D eigenvalue weighted by molar-refractivity contribution is 6.41. The maximum atomic E-state index is 11.8. The second kappa shape index (κ2) is 6.51. The normalized spacial score (nSPS) is 10.2. The molecule has 0 aliphatic rings. The Morgan fingerprint density at radius 2 is 2.05 bits per heavy atom. The summed E-state index contributed by atoms with van der Waals surface area (Å²) < 4.78 is 5.01. The zero-order valence-corrected chi connectivity index (χ0v) is 12.0. The van der Waals surface area contributed by atoms with Gasteiger partial charge in [-0.2, -0.15) is 0 Å². The van der Waals surface area contributed by atoms with E-state index < -0.39 is 10.9 Å². The molecule has 0 atom stereocenters. The van der Waals surface area contributed by atoms with Crippen molar-refractivity contribution >= 4 is 34.9 Å². The van der Waals surface area contributed by atoms with Crippen LogP contribution in [-0.4, -0.2) is 15.9 Å². The minimum atomic E-state index is -0.695. The summed E-state index contributed by atoms with van der Waals surface area (Å²) in [7, 11) is 0. The summed E-state index contributed by atoms with van der Waals surface area (Å²) in [5.74, 6) is -0.695. The van der Waals surface area contributed by atoms with Gasteiger partial charge < -0.3 is 4.74 Å². The minimum absolute atomic E-state index is 0.0758. The molecule has 8 heteroatoms. The second-order valence-electron chi connectivity index (χ2n) is 3.96. The Bertz CT molecular complexity index is 706. The third kappa shape index (κ3) is 3.68. The second-order valence-corrected chi connectivity index (χ2v) is 4.72. The summed E-state index contributed by atoms with van der Waals surface area (Å²) in [6.45, 7) is -0.226. The van der Waals surface area contributed by atoms with Gasteiger partial charge in [-0.3, -0.25) is 10.1 Å². The Labute approximate surface area is 129 Å². The van der Waals surface area contributed by atoms with Crippen LogP contribution in [0.25, 0.3) is 0 Å². The largest absolute Gasteiger partial charge is 0.457 e. The van der Waals surface area contributed by atoms with Crippen LogP contribution in [-0.2, 0) is 11.3 Å². The lowest BCUT2D eigenvalue weighted by Gasteiger charge is -2.06. The van der Waals surface area contributed by atoms with Gasteiger partial charge in [-0.15, -0.1) is 0 Å². The van der Waals surface area contributed by atoms with Gasteiger partial charge in [0.1, 0.15) is 11.8 Å². The Morgan fingerprint density at radius 3 is 2.71 bits per heavy atom. The third-order valence-electron chi connectivity index (χ3n) is 2.58. The van der Waals surface area contributed by atoms with Crippen molar-refractivity contribution < 1.29 is 14.5 Å². The Kier molecular flexibility index (Phi) is 4.72. The van der Waals surface area contributed by atoms with Crippen molar-refractivity contribution in [1.82, 2.24) is 4.98 Å². The molecule has 0 N–H and O–H groups in total. The lowest BCUT2D eigenvalue weighted by atomic mass is 10.2. The summed E-state index contributed by atoms with van der Waals surface area (Å²) in [6.07, 6.45) is 1.22. The molecular weight excluding hydrogens is 319 g/mol. The molecule has 0 amide bonds. The van der Waals surface area contributed by atoms with Gasteiger partial charge in [0.05, 0.1) is 21.1 Å². The lowest BCUT2D eigenvalue weighted by molar-refractivity contribution is -0.385.